The summed E-state index contributed by atoms with van der Waals surface area (Å²) >= 11 is 0. The Morgan fingerprint density at radius 3 is 2.70 bits per heavy atom. The molecule has 14 heteroatoms. The van der Waals surface area contributed by atoms with Crippen molar-refractivity contribution in [3.63, 3.8) is 0 Å². The van der Waals surface area contributed by atoms with Crippen molar-refractivity contribution in [1.82, 2.24) is 19.1 Å². The third kappa shape index (κ3) is 4.37. The molecule has 0 saturated carbocycles. The Hall–Kier alpha value is -3.16. The molecule has 0 bridgehead atoms. The number of alkyl halides is 3. The molecule has 2 aromatic rings. The Morgan fingerprint density at radius 1 is 1.40 bits per heavy atom. The number of fused-ring (bicyclic) bond motifs is 1. The van der Waals surface area contributed by atoms with Gasteiger partial charge in [-0.1, -0.05) is 0 Å². The van der Waals surface area contributed by atoms with Crippen molar-refractivity contribution in [3.05, 3.63) is 16.7 Å². The van der Waals surface area contributed by atoms with Crippen molar-refractivity contribution in [1.29, 1.82) is 0 Å². The zero-order chi connectivity index (χ0) is 22.2. The molecule has 1 aliphatic heterocycles. The summed E-state index contributed by atoms with van der Waals surface area (Å²) in [4.78, 5) is 43.5. The van der Waals surface area contributed by atoms with Crippen molar-refractivity contribution in [2.75, 3.05) is 12.8 Å². The molecule has 11 nitrogen and oxygen atoms in total. The highest BCUT2D eigenvalue weighted by atomic mass is 19.4. The van der Waals surface area contributed by atoms with Crippen LogP contribution in [0.25, 0.3) is 11.2 Å². The van der Waals surface area contributed by atoms with Crippen LogP contribution >= 0.6 is 0 Å². The van der Waals surface area contributed by atoms with Crippen molar-refractivity contribution in [3.8, 4) is 0 Å². The number of hydrogen-bond acceptors (Lipinski definition) is 9. The average Bonchev–Trinajstić information content (AvgIpc) is 3.11. The van der Waals surface area contributed by atoms with E-state index in [1.807, 2.05) is 0 Å². The number of carbonyl (C=O) groups excluding carboxylic acids is 2. The largest absolute Gasteiger partial charge is 0.469 e. The van der Waals surface area contributed by atoms with Gasteiger partial charge in [0.15, 0.2) is 11.9 Å². The standard InChI is InChI=1S/C16H18F3N5O6/c1-7(25)29-10-3-8(4-11(26)28-2)30-13(10)24-12-9(5-21-14(20)22-12)23(15(24)27)6-16(17,18)19/h5,8,10,13H,3-4,6H2,1-2H3,(H2,20,21,22)/t8-,10+,13+/m0/s1. The van der Waals surface area contributed by atoms with Gasteiger partial charge in [-0.15, -0.1) is 0 Å². The van der Waals surface area contributed by atoms with Crippen LogP contribution in [0.15, 0.2) is 11.0 Å². The molecule has 1 aliphatic rings. The molecule has 0 spiro atoms. The molecule has 30 heavy (non-hydrogen) atoms. The number of halogens is 3. The second kappa shape index (κ2) is 7.93. The number of esters is 2. The first kappa shape index (κ1) is 21.5. The second-order valence-electron chi connectivity index (χ2n) is 6.60. The maximum absolute atomic E-state index is 13.0. The monoisotopic (exact) mass is 433 g/mol. The SMILES string of the molecule is COC(=O)C[C@@H]1C[C@@H](OC(C)=O)[C@H](n2c(=O)n(CC(F)(F)F)c3cnc(N)nc32)O1. The zero-order valence-corrected chi connectivity index (χ0v) is 15.9. The summed E-state index contributed by atoms with van der Waals surface area (Å²) in [5.41, 5.74) is 3.99. The highest BCUT2D eigenvalue weighted by molar-refractivity contribution is 5.72. The minimum atomic E-state index is -4.70. The molecule has 1 saturated heterocycles. The maximum atomic E-state index is 13.0. The summed E-state index contributed by atoms with van der Waals surface area (Å²) in [5.74, 6) is -1.59. The Balaban J connectivity index is 2.11. The first-order valence-electron chi connectivity index (χ1n) is 8.69. The smallest absolute Gasteiger partial charge is 0.406 e. The highest BCUT2D eigenvalue weighted by Gasteiger charge is 2.43. The molecule has 0 amide bonds. The number of nitrogen functional groups attached to an aromatic ring is 1. The number of imidazole rings is 1. The molecule has 3 rings (SSSR count). The summed E-state index contributed by atoms with van der Waals surface area (Å²) in [6, 6.07) is 0. The lowest BCUT2D eigenvalue weighted by Crippen LogP contribution is -2.35. The van der Waals surface area contributed by atoms with E-state index in [-0.39, 0.29) is 30.0 Å². The predicted octanol–water partition coefficient (Wildman–Crippen LogP) is 0.520. The van der Waals surface area contributed by atoms with Crippen LogP contribution in [0, 0.1) is 0 Å². The van der Waals surface area contributed by atoms with E-state index in [4.69, 9.17) is 15.2 Å². The van der Waals surface area contributed by atoms with E-state index in [0.29, 0.717) is 4.57 Å². The number of anilines is 1. The number of rotatable bonds is 5. The number of ether oxygens (including phenoxy) is 3. The lowest BCUT2D eigenvalue weighted by atomic mass is 10.1. The van der Waals surface area contributed by atoms with Gasteiger partial charge in [0.2, 0.25) is 5.95 Å². The number of hydrogen-bond donors (Lipinski definition) is 1. The van der Waals surface area contributed by atoms with Gasteiger partial charge in [-0.2, -0.15) is 18.2 Å². The number of methoxy groups -OCH3 is 1. The molecule has 2 aromatic heterocycles. The molecule has 164 valence electrons. The van der Waals surface area contributed by atoms with Crippen molar-refractivity contribution in [2.24, 2.45) is 0 Å². The van der Waals surface area contributed by atoms with E-state index in [0.717, 1.165) is 17.7 Å². The predicted molar refractivity (Wildman–Crippen MR) is 93.0 cm³/mol. The lowest BCUT2D eigenvalue weighted by Gasteiger charge is -2.19. The van der Waals surface area contributed by atoms with E-state index in [1.165, 1.54) is 7.11 Å². The zero-order valence-electron chi connectivity index (χ0n) is 15.9. The minimum Gasteiger partial charge on any atom is -0.469 e. The second-order valence-corrected chi connectivity index (χ2v) is 6.60. The van der Waals surface area contributed by atoms with Crippen LogP contribution in [0.4, 0.5) is 19.1 Å². The fourth-order valence-electron chi connectivity index (χ4n) is 3.30. The summed E-state index contributed by atoms with van der Waals surface area (Å²) in [6.07, 6.45) is -7.11. The molecule has 0 aromatic carbocycles. The molecule has 3 atom stereocenters. The van der Waals surface area contributed by atoms with Crippen LogP contribution in [0.2, 0.25) is 0 Å². The van der Waals surface area contributed by atoms with Gasteiger partial charge in [-0.25, -0.2) is 14.3 Å². The van der Waals surface area contributed by atoms with Crippen molar-refractivity contribution < 1.29 is 37.0 Å². The van der Waals surface area contributed by atoms with Crippen LogP contribution in [0.5, 0.6) is 0 Å². The van der Waals surface area contributed by atoms with Gasteiger partial charge in [-0.05, 0) is 0 Å². The minimum absolute atomic E-state index is 0.0122. The van der Waals surface area contributed by atoms with Gasteiger partial charge < -0.3 is 19.9 Å². The first-order chi connectivity index (χ1) is 14.0. The van der Waals surface area contributed by atoms with Gasteiger partial charge in [0.05, 0.1) is 25.8 Å². The molecule has 1 fully saturated rings. The number of carbonyl (C=O) groups is 2. The molecule has 0 unspecified atom stereocenters. The van der Waals surface area contributed by atoms with E-state index in [2.05, 4.69) is 14.7 Å². The van der Waals surface area contributed by atoms with Crippen LogP contribution < -0.4 is 11.4 Å². The summed E-state index contributed by atoms with van der Waals surface area (Å²) in [6.45, 7) is -0.473. The fraction of sp³-hybridized carbons (Fsp3) is 0.562. The van der Waals surface area contributed by atoms with E-state index in [9.17, 15) is 27.6 Å². The fourth-order valence-corrected chi connectivity index (χ4v) is 3.30. The van der Waals surface area contributed by atoms with Gasteiger partial charge in [0.1, 0.15) is 18.2 Å². The van der Waals surface area contributed by atoms with Crippen LogP contribution in [0.3, 0.4) is 0 Å². The quantitative estimate of drug-likeness (QED) is 0.668. The molecular formula is C16H18F3N5O6. The van der Waals surface area contributed by atoms with Gasteiger partial charge in [0, 0.05) is 13.3 Å². The Kier molecular flexibility index (Phi) is 5.70. The molecule has 2 N–H and O–H groups in total. The van der Waals surface area contributed by atoms with Gasteiger partial charge in [0.25, 0.3) is 0 Å². The number of aromatic nitrogens is 4. The molecule has 0 radical (unpaired) electrons. The van der Waals surface area contributed by atoms with Crippen LogP contribution in [0.1, 0.15) is 26.0 Å². The summed E-state index contributed by atoms with van der Waals surface area (Å²) in [5, 5.41) is 0. The Morgan fingerprint density at radius 2 is 2.10 bits per heavy atom. The van der Waals surface area contributed by atoms with Crippen molar-refractivity contribution in [2.45, 2.75) is 50.9 Å². The van der Waals surface area contributed by atoms with E-state index in [1.54, 1.807) is 0 Å². The van der Waals surface area contributed by atoms with Crippen LogP contribution in [-0.2, 0) is 30.3 Å². The number of nitrogens with two attached hydrogens (primary N) is 1. The molecule has 3 heterocycles. The third-order valence-electron chi connectivity index (χ3n) is 4.40. The topological polar surface area (TPSA) is 141 Å². The summed E-state index contributed by atoms with van der Waals surface area (Å²) < 4.78 is 55.8. The maximum Gasteiger partial charge on any atom is 0.406 e. The highest BCUT2D eigenvalue weighted by Crippen LogP contribution is 2.34. The number of nitrogens with zero attached hydrogens (tertiary/aromatic N) is 4. The first-order valence-corrected chi connectivity index (χ1v) is 8.69. The van der Waals surface area contributed by atoms with Gasteiger partial charge >= 0.3 is 23.8 Å². The normalized spacial score (nSPS) is 21.7. The third-order valence-corrected chi connectivity index (χ3v) is 4.40. The van der Waals surface area contributed by atoms with Crippen molar-refractivity contribution >= 4 is 29.1 Å². The van der Waals surface area contributed by atoms with Gasteiger partial charge in [-0.3, -0.25) is 14.2 Å². The van der Waals surface area contributed by atoms with Crippen LogP contribution in [-0.4, -0.2) is 56.5 Å². The Labute approximate surface area is 166 Å². The molecular weight excluding hydrogens is 415 g/mol. The molecule has 0 aliphatic carbocycles. The Bertz CT molecular complexity index is 1030. The summed E-state index contributed by atoms with van der Waals surface area (Å²) in [7, 11) is 1.17. The van der Waals surface area contributed by atoms with E-state index < -0.39 is 48.8 Å². The van der Waals surface area contributed by atoms with E-state index >= 15 is 0 Å². The lowest BCUT2D eigenvalue weighted by molar-refractivity contribution is -0.153. The average molecular weight is 433 g/mol.